The summed E-state index contributed by atoms with van der Waals surface area (Å²) in [6, 6.07) is 5.80. The molecule has 7 heteroatoms. The number of aryl methyl sites for hydroxylation is 1. The van der Waals surface area contributed by atoms with Crippen LogP contribution in [0, 0.1) is 19.8 Å². The van der Waals surface area contributed by atoms with E-state index in [0.717, 1.165) is 16.9 Å². The van der Waals surface area contributed by atoms with Gasteiger partial charge in [0.05, 0.1) is 5.92 Å². The molecule has 30 heavy (non-hydrogen) atoms. The van der Waals surface area contributed by atoms with Gasteiger partial charge in [-0.15, -0.1) is 0 Å². The molecule has 7 nitrogen and oxygen atoms in total. The van der Waals surface area contributed by atoms with E-state index >= 15 is 0 Å². The lowest BCUT2D eigenvalue weighted by Gasteiger charge is -2.36. The third kappa shape index (κ3) is 4.77. The third-order valence-electron chi connectivity index (χ3n) is 6.13. The molecule has 2 heterocycles. The molecule has 164 valence electrons. The summed E-state index contributed by atoms with van der Waals surface area (Å²) in [4.78, 5) is 43.0. The number of hydrogen-bond donors (Lipinski definition) is 0. The molecule has 2 saturated heterocycles. The van der Waals surface area contributed by atoms with E-state index in [9.17, 15) is 14.4 Å². The van der Waals surface area contributed by atoms with E-state index in [2.05, 4.69) is 0 Å². The summed E-state index contributed by atoms with van der Waals surface area (Å²) in [5.74, 6) is 0.433. The average molecular weight is 416 g/mol. The standard InChI is InChI=1S/C23H33N3O4/c1-16-7-6-8-19(17(16)2)30-15-21(28)24-9-11-25(12-10-24)22(29)18-13-20(27)26(14-18)23(3,4)5/h6-8,18H,9-15H2,1-5H3. The number of carbonyl (C=O) groups is 3. The van der Waals surface area contributed by atoms with Crippen LogP contribution < -0.4 is 4.74 Å². The molecule has 3 rings (SSSR count). The normalized spacial score (nSPS) is 20.0. The number of ether oxygens (including phenoxy) is 1. The number of rotatable bonds is 4. The number of piperazine rings is 1. The largest absolute Gasteiger partial charge is 0.483 e. The highest BCUT2D eigenvalue weighted by Gasteiger charge is 2.41. The SMILES string of the molecule is Cc1cccc(OCC(=O)N2CCN(C(=O)C3CC(=O)N(C(C)(C)C)C3)CC2)c1C. The van der Waals surface area contributed by atoms with E-state index in [0.29, 0.717) is 32.7 Å². The lowest BCUT2D eigenvalue weighted by molar-refractivity contribution is -0.142. The van der Waals surface area contributed by atoms with Crippen molar-refractivity contribution in [2.45, 2.75) is 46.6 Å². The summed E-state index contributed by atoms with van der Waals surface area (Å²) in [6.07, 6.45) is 0.277. The average Bonchev–Trinajstić information content (AvgIpc) is 3.10. The maximum atomic E-state index is 12.9. The molecule has 2 fully saturated rings. The zero-order valence-electron chi connectivity index (χ0n) is 18.7. The second-order valence-corrected chi connectivity index (χ2v) is 9.27. The number of likely N-dealkylation sites (tertiary alicyclic amines) is 1. The fraction of sp³-hybridized carbons (Fsp3) is 0.609. The molecule has 3 amide bonds. The minimum atomic E-state index is -0.286. The monoisotopic (exact) mass is 415 g/mol. The highest BCUT2D eigenvalue weighted by Crippen LogP contribution is 2.27. The number of amides is 3. The summed E-state index contributed by atoms with van der Waals surface area (Å²) in [5, 5.41) is 0. The molecular formula is C23H33N3O4. The van der Waals surface area contributed by atoms with Crippen LogP contribution in [-0.2, 0) is 14.4 Å². The van der Waals surface area contributed by atoms with E-state index < -0.39 is 0 Å². The third-order valence-corrected chi connectivity index (χ3v) is 6.13. The molecule has 1 aromatic rings. The molecule has 0 saturated carbocycles. The summed E-state index contributed by atoms with van der Waals surface area (Å²) in [6.45, 7) is 12.4. The molecule has 0 aliphatic carbocycles. The van der Waals surface area contributed by atoms with Gasteiger partial charge < -0.3 is 19.4 Å². The fourth-order valence-corrected chi connectivity index (χ4v) is 4.07. The van der Waals surface area contributed by atoms with Crippen molar-refractivity contribution in [3.8, 4) is 5.75 Å². The Kier molecular flexibility index (Phi) is 6.38. The predicted octanol–water partition coefficient (Wildman–Crippen LogP) is 2.00. The van der Waals surface area contributed by atoms with Crippen molar-refractivity contribution in [3.05, 3.63) is 29.3 Å². The molecule has 2 aliphatic heterocycles. The first-order valence-electron chi connectivity index (χ1n) is 10.6. The molecule has 1 unspecified atom stereocenters. The number of benzene rings is 1. The van der Waals surface area contributed by atoms with Crippen LogP contribution >= 0.6 is 0 Å². The smallest absolute Gasteiger partial charge is 0.260 e. The van der Waals surface area contributed by atoms with E-state index in [1.807, 2.05) is 52.8 Å². The van der Waals surface area contributed by atoms with E-state index in [1.165, 1.54) is 0 Å². The van der Waals surface area contributed by atoms with E-state index in [-0.39, 0.29) is 42.2 Å². The Bertz CT molecular complexity index is 822. The lowest BCUT2D eigenvalue weighted by Crippen LogP contribution is -2.53. The summed E-state index contributed by atoms with van der Waals surface area (Å²) in [7, 11) is 0. The summed E-state index contributed by atoms with van der Waals surface area (Å²) >= 11 is 0. The zero-order valence-corrected chi connectivity index (χ0v) is 18.7. The van der Waals surface area contributed by atoms with Crippen LogP contribution in [-0.4, -0.2) is 77.3 Å². The van der Waals surface area contributed by atoms with Gasteiger partial charge in [-0.2, -0.15) is 0 Å². The molecule has 0 aromatic heterocycles. The first-order chi connectivity index (χ1) is 14.1. The number of nitrogens with zero attached hydrogens (tertiary/aromatic N) is 3. The Balaban J connectivity index is 1.48. The molecule has 2 aliphatic rings. The van der Waals surface area contributed by atoms with Gasteiger partial charge in [-0.25, -0.2) is 0 Å². The first-order valence-corrected chi connectivity index (χ1v) is 10.6. The highest BCUT2D eigenvalue weighted by atomic mass is 16.5. The van der Waals surface area contributed by atoms with Crippen molar-refractivity contribution in [2.75, 3.05) is 39.3 Å². The van der Waals surface area contributed by atoms with Gasteiger partial charge in [-0.05, 0) is 51.8 Å². The Morgan fingerprint density at radius 3 is 2.30 bits per heavy atom. The van der Waals surface area contributed by atoms with Gasteiger partial charge in [0.1, 0.15) is 5.75 Å². The molecular weight excluding hydrogens is 382 g/mol. The molecule has 0 N–H and O–H groups in total. The van der Waals surface area contributed by atoms with Crippen LogP contribution in [0.5, 0.6) is 5.75 Å². The van der Waals surface area contributed by atoms with Gasteiger partial charge in [0, 0.05) is 44.7 Å². The van der Waals surface area contributed by atoms with Crippen LogP contribution in [0.15, 0.2) is 18.2 Å². The van der Waals surface area contributed by atoms with Gasteiger partial charge in [-0.1, -0.05) is 12.1 Å². The lowest BCUT2D eigenvalue weighted by atomic mass is 10.1. The first kappa shape index (κ1) is 22.1. The van der Waals surface area contributed by atoms with Crippen molar-refractivity contribution in [1.29, 1.82) is 0 Å². The molecule has 0 bridgehead atoms. The van der Waals surface area contributed by atoms with Crippen molar-refractivity contribution >= 4 is 17.7 Å². The Morgan fingerprint density at radius 2 is 1.70 bits per heavy atom. The van der Waals surface area contributed by atoms with Crippen molar-refractivity contribution in [1.82, 2.24) is 14.7 Å². The molecule has 0 spiro atoms. The maximum Gasteiger partial charge on any atom is 0.260 e. The van der Waals surface area contributed by atoms with E-state index in [4.69, 9.17) is 4.74 Å². The minimum absolute atomic E-state index is 0.00406. The fourth-order valence-electron chi connectivity index (χ4n) is 4.07. The predicted molar refractivity (Wildman–Crippen MR) is 114 cm³/mol. The van der Waals surface area contributed by atoms with Crippen LogP contribution in [0.1, 0.15) is 38.3 Å². The number of carbonyl (C=O) groups excluding carboxylic acids is 3. The van der Waals surface area contributed by atoms with Crippen LogP contribution in [0.3, 0.4) is 0 Å². The van der Waals surface area contributed by atoms with Gasteiger partial charge in [-0.3, -0.25) is 14.4 Å². The van der Waals surface area contributed by atoms with Gasteiger partial charge in [0.25, 0.3) is 5.91 Å². The zero-order chi connectivity index (χ0) is 22.1. The molecule has 0 radical (unpaired) electrons. The number of hydrogen-bond acceptors (Lipinski definition) is 4. The van der Waals surface area contributed by atoms with Gasteiger partial charge in [0.15, 0.2) is 6.61 Å². The van der Waals surface area contributed by atoms with Crippen LogP contribution in [0.2, 0.25) is 0 Å². The summed E-state index contributed by atoms with van der Waals surface area (Å²) in [5.41, 5.74) is 1.89. The summed E-state index contributed by atoms with van der Waals surface area (Å²) < 4.78 is 5.73. The second-order valence-electron chi connectivity index (χ2n) is 9.27. The second kappa shape index (κ2) is 8.66. The van der Waals surface area contributed by atoms with Crippen LogP contribution in [0.25, 0.3) is 0 Å². The van der Waals surface area contributed by atoms with Crippen molar-refractivity contribution in [2.24, 2.45) is 5.92 Å². The van der Waals surface area contributed by atoms with Gasteiger partial charge in [0.2, 0.25) is 11.8 Å². The van der Waals surface area contributed by atoms with Crippen molar-refractivity contribution in [3.63, 3.8) is 0 Å². The topological polar surface area (TPSA) is 70.2 Å². The minimum Gasteiger partial charge on any atom is -0.483 e. The Hall–Kier alpha value is -2.57. The Morgan fingerprint density at radius 1 is 1.07 bits per heavy atom. The van der Waals surface area contributed by atoms with Crippen molar-refractivity contribution < 1.29 is 19.1 Å². The quantitative estimate of drug-likeness (QED) is 0.754. The highest BCUT2D eigenvalue weighted by molar-refractivity contribution is 5.89. The molecule has 1 aromatic carbocycles. The maximum absolute atomic E-state index is 12.9. The Labute approximate surface area is 179 Å². The van der Waals surface area contributed by atoms with Crippen LogP contribution in [0.4, 0.5) is 0 Å². The van der Waals surface area contributed by atoms with E-state index in [1.54, 1.807) is 14.7 Å². The molecule has 1 atom stereocenters. The van der Waals surface area contributed by atoms with Gasteiger partial charge >= 0.3 is 0 Å².